The number of carbonyl (C=O) groups is 2. The van der Waals surface area contributed by atoms with Gasteiger partial charge in [-0.15, -0.1) is 0 Å². The minimum atomic E-state index is -0.141. The third-order valence-electron chi connectivity index (χ3n) is 2.13. The normalized spacial score (nSPS) is 14.7. The van der Waals surface area contributed by atoms with Crippen LogP contribution in [0.4, 0.5) is 0 Å². The molecule has 1 fully saturated rings. The fourth-order valence-corrected chi connectivity index (χ4v) is 1.12. The summed E-state index contributed by atoms with van der Waals surface area (Å²) in [5, 5.41) is 5.42. The fraction of sp³-hybridized carbons (Fsp3) is 0.800. The van der Waals surface area contributed by atoms with E-state index in [1.807, 2.05) is 6.92 Å². The van der Waals surface area contributed by atoms with Crippen molar-refractivity contribution >= 4 is 11.8 Å². The van der Waals surface area contributed by atoms with E-state index in [0.717, 1.165) is 12.8 Å². The summed E-state index contributed by atoms with van der Waals surface area (Å²) >= 11 is 0. The molecule has 0 radical (unpaired) electrons. The topological polar surface area (TPSA) is 67.4 Å². The van der Waals surface area contributed by atoms with Gasteiger partial charge in [0.15, 0.2) is 0 Å². The Hall–Kier alpha value is -1.10. The van der Waals surface area contributed by atoms with E-state index in [4.69, 9.17) is 4.74 Å². The van der Waals surface area contributed by atoms with Crippen LogP contribution in [0.2, 0.25) is 0 Å². The van der Waals surface area contributed by atoms with Crippen molar-refractivity contribution in [3.8, 4) is 0 Å². The molecule has 0 aromatic rings. The summed E-state index contributed by atoms with van der Waals surface area (Å²) in [5.74, 6) is 0.190. The lowest BCUT2D eigenvalue weighted by Gasteiger charge is -2.06. The standard InChI is InChI=1S/C10H18N2O3/c1-2-15-7-9(13)11-5-6-12-10(14)8-3-4-8/h8H,2-7H2,1H3,(H,11,13)(H,12,14). The Kier molecular flexibility index (Phi) is 5.10. The Morgan fingerprint density at radius 1 is 1.27 bits per heavy atom. The van der Waals surface area contributed by atoms with Gasteiger partial charge in [0.25, 0.3) is 0 Å². The van der Waals surface area contributed by atoms with Gasteiger partial charge in [0.1, 0.15) is 6.61 Å². The highest BCUT2D eigenvalue weighted by Crippen LogP contribution is 2.28. The SMILES string of the molecule is CCOCC(=O)NCCNC(=O)C1CC1. The zero-order chi connectivity index (χ0) is 11.1. The molecule has 5 heteroatoms. The molecule has 0 bridgehead atoms. The maximum absolute atomic E-state index is 11.2. The van der Waals surface area contributed by atoms with Gasteiger partial charge in [-0.1, -0.05) is 0 Å². The number of amides is 2. The van der Waals surface area contributed by atoms with E-state index in [1.54, 1.807) is 0 Å². The van der Waals surface area contributed by atoms with Gasteiger partial charge in [0.2, 0.25) is 11.8 Å². The first-order valence-electron chi connectivity index (χ1n) is 5.36. The van der Waals surface area contributed by atoms with E-state index in [1.165, 1.54) is 0 Å². The highest BCUT2D eigenvalue weighted by atomic mass is 16.5. The molecule has 0 unspecified atom stereocenters. The summed E-state index contributed by atoms with van der Waals surface area (Å²) in [5.41, 5.74) is 0. The molecule has 0 spiro atoms. The van der Waals surface area contributed by atoms with E-state index in [2.05, 4.69) is 10.6 Å². The maximum Gasteiger partial charge on any atom is 0.246 e. The molecule has 1 saturated carbocycles. The molecule has 0 heterocycles. The molecule has 1 aliphatic rings. The predicted molar refractivity (Wildman–Crippen MR) is 55.2 cm³/mol. The van der Waals surface area contributed by atoms with Crippen molar-refractivity contribution in [1.29, 1.82) is 0 Å². The van der Waals surface area contributed by atoms with Crippen molar-refractivity contribution in [2.75, 3.05) is 26.3 Å². The first-order chi connectivity index (χ1) is 7.24. The van der Waals surface area contributed by atoms with Gasteiger partial charge in [-0.3, -0.25) is 9.59 Å². The molecule has 2 amide bonds. The molecule has 0 atom stereocenters. The van der Waals surface area contributed by atoms with Gasteiger partial charge in [0, 0.05) is 25.6 Å². The van der Waals surface area contributed by atoms with Crippen LogP contribution < -0.4 is 10.6 Å². The summed E-state index contributed by atoms with van der Waals surface area (Å²) in [6, 6.07) is 0. The molecule has 0 saturated heterocycles. The van der Waals surface area contributed by atoms with Gasteiger partial charge in [-0.25, -0.2) is 0 Å². The number of ether oxygens (including phenoxy) is 1. The van der Waals surface area contributed by atoms with Crippen LogP contribution in [-0.4, -0.2) is 38.1 Å². The van der Waals surface area contributed by atoms with Crippen molar-refractivity contribution in [1.82, 2.24) is 10.6 Å². The first kappa shape index (κ1) is 12.0. The number of rotatable bonds is 7. The molecule has 86 valence electrons. The van der Waals surface area contributed by atoms with Crippen LogP contribution >= 0.6 is 0 Å². The molecule has 15 heavy (non-hydrogen) atoms. The number of hydrogen-bond donors (Lipinski definition) is 2. The highest BCUT2D eigenvalue weighted by molar-refractivity contribution is 5.81. The van der Waals surface area contributed by atoms with Crippen molar-refractivity contribution in [2.45, 2.75) is 19.8 Å². The van der Waals surface area contributed by atoms with Crippen LogP contribution in [0.25, 0.3) is 0 Å². The molecule has 0 aromatic carbocycles. The second-order valence-corrected chi connectivity index (χ2v) is 3.55. The average Bonchev–Trinajstić information content (AvgIpc) is 3.04. The molecule has 0 aromatic heterocycles. The third-order valence-corrected chi connectivity index (χ3v) is 2.13. The largest absolute Gasteiger partial charge is 0.372 e. The van der Waals surface area contributed by atoms with Gasteiger partial charge >= 0.3 is 0 Å². The lowest BCUT2D eigenvalue weighted by Crippen LogP contribution is -2.36. The molecule has 1 aliphatic carbocycles. The van der Waals surface area contributed by atoms with Crippen LogP contribution in [0.1, 0.15) is 19.8 Å². The van der Waals surface area contributed by atoms with E-state index in [0.29, 0.717) is 19.7 Å². The van der Waals surface area contributed by atoms with E-state index in [9.17, 15) is 9.59 Å². The van der Waals surface area contributed by atoms with Crippen LogP contribution in [0.3, 0.4) is 0 Å². The van der Waals surface area contributed by atoms with Crippen molar-refractivity contribution < 1.29 is 14.3 Å². The first-order valence-corrected chi connectivity index (χ1v) is 5.36. The smallest absolute Gasteiger partial charge is 0.246 e. The Labute approximate surface area is 89.6 Å². The summed E-state index contributed by atoms with van der Waals surface area (Å²) in [6.07, 6.45) is 2.01. The summed E-state index contributed by atoms with van der Waals surface area (Å²) < 4.78 is 4.92. The zero-order valence-electron chi connectivity index (χ0n) is 9.04. The quantitative estimate of drug-likeness (QED) is 0.570. The molecule has 5 nitrogen and oxygen atoms in total. The number of nitrogens with one attached hydrogen (secondary N) is 2. The lowest BCUT2D eigenvalue weighted by atomic mass is 10.4. The molecular formula is C10H18N2O3. The van der Waals surface area contributed by atoms with E-state index >= 15 is 0 Å². The second-order valence-electron chi connectivity index (χ2n) is 3.55. The molecular weight excluding hydrogens is 196 g/mol. The van der Waals surface area contributed by atoms with Gasteiger partial charge in [-0.2, -0.15) is 0 Å². The maximum atomic E-state index is 11.2. The highest BCUT2D eigenvalue weighted by Gasteiger charge is 2.28. The van der Waals surface area contributed by atoms with Crippen molar-refractivity contribution in [3.63, 3.8) is 0 Å². The number of carbonyl (C=O) groups excluding carboxylic acids is 2. The van der Waals surface area contributed by atoms with Crippen LogP contribution in [0.5, 0.6) is 0 Å². The van der Waals surface area contributed by atoms with E-state index < -0.39 is 0 Å². The van der Waals surface area contributed by atoms with E-state index in [-0.39, 0.29) is 24.3 Å². The molecule has 1 rings (SSSR count). The van der Waals surface area contributed by atoms with Crippen LogP contribution in [0.15, 0.2) is 0 Å². The third kappa shape index (κ3) is 5.37. The van der Waals surface area contributed by atoms with Gasteiger partial charge < -0.3 is 15.4 Å². The number of hydrogen-bond acceptors (Lipinski definition) is 3. The lowest BCUT2D eigenvalue weighted by molar-refractivity contribution is -0.126. The summed E-state index contributed by atoms with van der Waals surface area (Å²) in [7, 11) is 0. The van der Waals surface area contributed by atoms with Crippen LogP contribution in [-0.2, 0) is 14.3 Å². The van der Waals surface area contributed by atoms with Gasteiger partial charge in [0.05, 0.1) is 0 Å². The average molecular weight is 214 g/mol. The Balaban J connectivity index is 1.91. The van der Waals surface area contributed by atoms with Crippen LogP contribution in [0, 0.1) is 5.92 Å². The Bertz CT molecular complexity index is 227. The zero-order valence-corrected chi connectivity index (χ0v) is 9.04. The van der Waals surface area contributed by atoms with Crippen molar-refractivity contribution in [3.05, 3.63) is 0 Å². The Morgan fingerprint density at radius 2 is 1.93 bits per heavy atom. The molecule has 2 N–H and O–H groups in total. The van der Waals surface area contributed by atoms with Gasteiger partial charge in [-0.05, 0) is 19.8 Å². The minimum Gasteiger partial charge on any atom is -0.372 e. The molecule has 0 aliphatic heterocycles. The monoisotopic (exact) mass is 214 g/mol. The summed E-state index contributed by atoms with van der Waals surface area (Å²) in [6.45, 7) is 3.42. The minimum absolute atomic E-state index is 0.0903. The van der Waals surface area contributed by atoms with Crippen molar-refractivity contribution in [2.24, 2.45) is 5.92 Å². The fourth-order valence-electron chi connectivity index (χ4n) is 1.12. The Morgan fingerprint density at radius 3 is 2.53 bits per heavy atom. The second kappa shape index (κ2) is 6.40. The predicted octanol–water partition coefficient (Wildman–Crippen LogP) is -0.335. The summed E-state index contributed by atoms with van der Waals surface area (Å²) in [4.78, 5) is 22.2.